The Hall–Kier alpha value is -4.95. The Morgan fingerprint density at radius 3 is 2.00 bits per heavy atom. The molecule has 38 heavy (non-hydrogen) atoms. The highest BCUT2D eigenvalue weighted by atomic mass is 32.1. The van der Waals surface area contributed by atoms with Crippen molar-refractivity contribution in [2.24, 2.45) is 0 Å². The molecule has 0 unspecified atom stereocenters. The van der Waals surface area contributed by atoms with Gasteiger partial charge in [-0.3, -0.25) is 10.1 Å². The van der Waals surface area contributed by atoms with Crippen LogP contribution in [0.15, 0.2) is 103 Å². The number of ether oxygens (including phenoxy) is 1. The molecule has 0 saturated heterocycles. The summed E-state index contributed by atoms with van der Waals surface area (Å²) in [5.41, 5.74) is 5.61. The van der Waals surface area contributed by atoms with Gasteiger partial charge in [0, 0.05) is 11.1 Å². The largest absolute Gasteiger partial charge is 0.452 e. The average Bonchev–Trinajstić information content (AvgIpc) is 3.38. The SMILES string of the molecule is O=C(COC(=O)c1ccc2nc(-c3ccccc3)c(-c3ccccc3)nc2c1)Nc1nc2ccccc2s1. The molecule has 6 rings (SSSR count). The number of hydrogen-bond acceptors (Lipinski definition) is 7. The maximum Gasteiger partial charge on any atom is 0.338 e. The number of aromatic nitrogens is 3. The van der Waals surface area contributed by atoms with E-state index in [4.69, 9.17) is 14.7 Å². The predicted molar refractivity (Wildman–Crippen MR) is 149 cm³/mol. The van der Waals surface area contributed by atoms with Gasteiger partial charge in [-0.15, -0.1) is 0 Å². The van der Waals surface area contributed by atoms with Crippen molar-refractivity contribution in [1.82, 2.24) is 15.0 Å². The van der Waals surface area contributed by atoms with E-state index in [9.17, 15) is 9.59 Å². The lowest BCUT2D eigenvalue weighted by atomic mass is 10.0. The normalized spacial score (nSPS) is 10.9. The first-order chi connectivity index (χ1) is 18.6. The van der Waals surface area contributed by atoms with Crippen molar-refractivity contribution < 1.29 is 14.3 Å². The minimum atomic E-state index is -0.624. The number of carbonyl (C=O) groups is 2. The Labute approximate surface area is 221 Å². The van der Waals surface area contributed by atoms with Crippen molar-refractivity contribution in [2.75, 3.05) is 11.9 Å². The minimum Gasteiger partial charge on any atom is -0.452 e. The third-order valence-corrected chi connectivity index (χ3v) is 6.82. The van der Waals surface area contributed by atoms with Crippen LogP contribution in [0.5, 0.6) is 0 Å². The van der Waals surface area contributed by atoms with Gasteiger partial charge in [-0.2, -0.15) is 0 Å². The molecular formula is C30H20N4O3S. The molecule has 2 aromatic heterocycles. The van der Waals surface area contributed by atoms with Crippen molar-refractivity contribution in [3.63, 3.8) is 0 Å². The molecule has 0 radical (unpaired) electrons. The first-order valence-electron chi connectivity index (χ1n) is 11.9. The number of nitrogens with zero attached hydrogens (tertiary/aromatic N) is 3. The van der Waals surface area contributed by atoms with Gasteiger partial charge in [-0.25, -0.2) is 19.7 Å². The molecule has 0 spiro atoms. The predicted octanol–water partition coefficient (Wildman–Crippen LogP) is 6.37. The number of anilines is 1. The molecule has 0 fully saturated rings. The summed E-state index contributed by atoms with van der Waals surface area (Å²) in [5, 5.41) is 3.14. The lowest BCUT2D eigenvalue weighted by molar-refractivity contribution is -0.119. The number of amides is 1. The molecular weight excluding hydrogens is 496 g/mol. The molecule has 4 aromatic carbocycles. The summed E-state index contributed by atoms with van der Waals surface area (Å²) in [6, 6.07) is 32.3. The number of benzene rings is 4. The van der Waals surface area contributed by atoms with Crippen LogP contribution < -0.4 is 5.32 Å². The molecule has 7 nitrogen and oxygen atoms in total. The van der Waals surface area contributed by atoms with Crippen LogP contribution in [0.1, 0.15) is 10.4 Å². The lowest BCUT2D eigenvalue weighted by Gasteiger charge is -2.11. The van der Waals surface area contributed by atoms with Crippen molar-refractivity contribution in [3.05, 3.63) is 109 Å². The smallest absolute Gasteiger partial charge is 0.338 e. The van der Waals surface area contributed by atoms with E-state index in [0.717, 1.165) is 27.0 Å². The Kier molecular flexibility index (Phi) is 6.29. The summed E-state index contributed by atoms with van der Waals surface area (Å²) in [6.07, 6.45) is 0. The van der Waals surface area contributed by atoms with E-state index < -0.39 is 18.5 Å². The van der Waals surface area contributed by atoms with E-state index in [1.807, 2.05) is 84.9 Å². The van der Waals surface area contributed by atoms with E-state index >= 15 is 0 Å². The molecule has 1 amide bonds. The van der Waals surface area contributed by atoms with Gasteiger partial charge in [0.15, 0.2) is 11.7 Å². The van der Waals surface area contributed by atoms with E-state index in [1.165, 1.54) is 11.3 Å². The molecule has 0 aliphatic rings. The van der Waals surface area contributed by atoms with Gasteiger partial charge in [0.05, 0.1) is 38.2 Å². The number of thiazole rings is 1. The highest BCUT2D eigenvalue weighted by molar-refractivity contribution is 7.22. The highest BCUT2D eigenvalue weighted by Crippen LogP contribution is 2.31. The maximum absolute atomic E-state index is 12.8. The fourth-order valence-corrected chi connectivity index (χ4v) is 4.95. The monoisotopic (exact) mass is 516 g/mol. The number of fused-ring (bicyclic) bond motifs is 2. The van der Waals surface area contributed by atoms with Gasteiger partial charge < -0.3 is 4.74 Å². The standard InChI is InChI=1S/C30H20N4O3S/c35-26(34-30-33-23-13-7-8-14-25(23)38-30)18-37-29(36)21-15-16-22-24(17-21)32-28(20-11-5-2-6-12-20)27(31-22)19-9-3-1-4-10-19/h1-17H,18H2,(H,33,34,35). The second-order valence-corrected chi connectivity index (χ2v) is 9.50. The topological polar surface area (TPSA) is 94.1 Å². The minimum absolute atomic E-state index is 0.283. The number of carbonyl (C=O) groups excluding carboxylic acids is 2. The summed E-state index contributed by atoms with van der Waals surface area (Å²) < 4.78 is 6.23. The van der Waals surface area contributed by atoms with Crippen molar-refractivity contribution in [2.45, 2.75) is 0 Å². The zero-order valence-corrected chi connectivity index (χ0v) is 20.8. The van der Waals surface area contributed by atoms with Crippen LogP contribution in [-0.2, 0) is 9.53 Å². The summed E-state index contributed by atoms with van der Waals surface area (Å²) in [4.78, 5) is 39.3. The molecule has 0 aliphatic carbocycles. The summed E-state index contributed by atoms with van der Waals surface area (Å²) >= 11 is 1.36. The van der Waals surface area contributed by atoms with E-state index in [1.54, 1.807) is 18.2 Å². The Morgan fingerprint density at radius 2 is 1.32 bits per heavy atom. The van der Waals surface area contributed by atoms with Gasteiger partial charge in [-0.05, 0) is 30.3 Å². The van der Waals surface area contributed by atoms with Crippen LogP contribution >= 0.6 is 11.3 Å². The van der Waals surface area contributed by atoms with Crippen LogP contribution in [0.2, 0.25) is 0 Å². The third kappa shape index (κ3) is 4.85. The Bertz CT molecular complexity index is 1750. The number of nitrogens with one attached hydrogen (secondary N) is 1. The Balaban J connectivity index is 1.23. The van der Waals surface area contributed by atoms with E-state index in [0.29, 0.717) is 21.9 Å². The molecule has 2 heterocycles. The zero-order chi connectivity index (χ0) is 25.9. The first-order valence-corrected chi connectivity index (χ1v) is 12.7. The lowest BCUT2D eigenvalue weighted by Crippen LogP contribution is -2.20. The van der Waals surface area contributed by atoms with Crippen LogP contribution in [0.3, 0.4) is 0 Å². The van der Waals surface area contributed by atoms with Gasteiger partial charge in [0.1, 0.15) is 0 Å². The third-order valence-electron chi connectivity index (χ3n) is 5.87. The van der Waals surface area contributed by atoms with Gasteiger partial charge in [0.2, 0.25) is 0 Å². The average molecular weight is 517 g/mol. The van der Waals surface area contributed by atoms with Crippen LogP contribution in [-0.4, -0.2) is 33.4 Å². The molecule has 0 saturated carbocycles. The summed E-state index contributed by atoms with van der Waals surface area (Å²) in [7, 11) is 0. The molecule has 0 bridgehead atoms. The number of esters is 1. The molecule has 8 heteroatoms. The van der Waals surface area contributed by atoms with E-state index in [-0.39, 0.29) is 5.56 Å². The zero-order valence-electron chi connectivity index (χ0n) is 20.0. The first kappa shape index (κ1) is 23.4. The summed E-state index contributed by atoms with van der Waals surface area (Å²) in [5.74, 6) is -1.08. The molecule has 0 atom stereocenters. The molecule has 1 N–H and O–H groups in total. The van der Waals surface area contributed by atoms with E-state index in [2.05, 4.69) is 10.3 Å². The molecule has 184 valence electrons. The number of para-hydroxylation sites is 1. The second kappa shape index (κ2) is 10.2. The fraction of sp³-hybridized carbons (Fsp3) is 0.0333. The molecule has 6 aromatic rings. The van der Waals surface area contributed by atoms with Gasteiger partial charge in [0.25, 0.3) is 5.91 Å². The Morgan fingerprint density at radius 1 is 0.684 bits per heavy atom. The van der Waals surface area contributed by atoms with Gasteiger partial charge in [-0.1, -0.05) is 84.1 Å². The fourth-order valence-electron chi connectivity index (χ4n) is 4.07. The highest BCUT2D eigenvalue weighted by Gasteiger charge is 2.16. The maximum atomic E-state index is 12.8. The van der Waals surface area contributed by atoms with Crippen LogP contribution in [0.25, 0.3) is 43.8 Å². The number of hydrogen-bond donors (Lipinski definition) is 1. The summed E-state index contributed by atoms with van der Waals surface area (Å²) in [6.45, 7) is -0.430. The van der Waals surface area contributed by atoms with Gasteiger partial charge >= 0.3 is 5.97 Å². The van der Waals surface area contributed by atoms with Crippen molar-refractivity contribution in [3.8, 4) is 22.5 Å². The van der Waals surface area contributed by atoms with Crippen LogP contribution in [0.4, 0.5) is 5.13 Å². The number of rotatable bonds is 6. The van der Waals surface area contributed by atoms with Crippen molar-refractivity contribution >= 4 is 49.6 Å². The van der Waals surface area contributed by atoms with Crippen LogP contribution in [0, 0.1) is 0 Å². The molecule has 0 aliphatic heterocycles. The quantitative estimate of drug-likeness (QED) is 0.259. The van der Waals surface area contributed by atoms with Crippen molar-refractivity contribution in [1.29, 1.82) is 0 Å². The second-order valence-electron chi connectivity index (χ2n) is 8.47.